The molecule has 0 amide bonds. The molecule has 194 valence electrons. The quantitative estimate of drug-likeness (QED) is 0.104. The smallest absolute Gasteiger partial charge is 0.332 e. The fourth-order valence-corrected chi connectivity index (χ4v) is 4.80. The van der Waals surface area contributed by atoms with Gasteiger partial charge >= 0.3 is 11.9 Å². The van der Waals surface area contributed by atoms with Gasteiger partial charge in [0.2, 0.25) is 0 Å². The number of hydrogen-bond donors (Lipinski definition) is 2. The Morgan fingerprint density at radius 2 is 0.818 bits per heavy atom. The van der Waals surface area contributed by atoms with Gasteiger partial charge in [-0.2, -0.15) is 0 Å². The van der Waals surface area contributed by atoms with Crippen LogP contribution in [0.3, 0.4) is 0 Å². The summed E-state index contributed by atoms with van der Waals surface area (Å²) in [6.07, 6.45) is 24.3. The third kappa shape index (κ3) is 15.2. The Morgan fingerprint density at radius 3 is 1.06 bits per heavy atom. The molecule has 0 aromatic carbocycles. The molecule has 4 heteroatoms. The van der Waals surface area contributed by atoms with E-state index in [2.05, 4.69) is 20.4 Å². The Balaban J connectivity index is 4.33. The van der Waals surface area contributed by atoms with Crippen LogP contribution in [0.25, 0.3) is 0 Å². The molecule has 0 rings (SSSR count). The number of carboxylic acid groups (broad SMARTS) is 2. The van der Waals surface area contributed by atoms with Crippen LogP contribution in [0.4, 0.5) is 0 Å². The molecule has 0 saturated carbocycles. The van der Waals surface area contributed by atoms with Crippen LogP contribution >= 0.6 is 0 Å². The largest absolute Gasteiger partial charge is 0.481 e. The fraction of sp³-hybridized carbons (Fsp3) is 0.862. The van der Waals surface area contributed by atoms with Gasteiger partial charge in [-0.05, 0) is 12.8 Å². The lowest BCUT2D eigenvalue weighted by Gasteiger charge is -2.30. The Hall–Kier alpha value is -1.32. The van der Waals surface area contributed by atoms with Gasteiger partial charge in [0.25, 0.3) is 0 Å². The van der Waals surface area contributed by atoms with Gasteiger partial charge in [-0.15, -0.1) is 0 Å². The maximum atomic E-state index is 12.2. The highest BCUT2D eigenvalue weighted by Crippen LogP contribution is 2.39. The van der Waals surface area contributed by atoms with Crippen molar-refractivity contribution in [2.75, 3.05) is 0 Å². The van der Waals surface area contributed by atoms with E-state index in [1.165, 1.54) is 89.9 Å². The molecule has 2 N–H and O–H groups in total. The zero-order valence-corrected chi connectivity index (χ0v) is 22.0. The molecule has 4 nitrogen and oxygen atoms in total. The monoisotopic (exact) mass is 466 g/mol. The summed E-state index contributed by atoms with van der Waals surface area (Å²) in [6, 6.07) is 0. The molecule has 0 aromatic heterocycles. The zero-order chi connectivity index (χ0) is 24.8. The summed E-state index contributed by atoms with van der Waals surface area (Å²) in [6.45, 7) is 8.15. The Morgan fingerprint density at radius 1 is 0.545 bits per heavy atom. The molecular formula is C29H54O4. The van der Waals surface area contributed by atoms with Crippen LogP contribution in [0.5, 0.6) is 0 Å². The van der Waals surface area contributed by atoms with Crippen LogP contribution < -0.4 is 0 Å². The van der Waals surface area contributed by atoms with Crippen LogP contribution in [0.1, 0.15) is 155 Å². The Bertz CT molecular complexity index is 488. The minimum atomic E-state index is -1.31. The van der Waals surface area contributed by atoms with Gasteiger partial charge in [-0.25, -0.2) is 4.79 Å². The van der Waals surface area contributed by atoms with Crippen LogP contribution in [0.15, 0.2) is 12.2 Å². The third-order valence-corrected chi connectivity index (χ3v) is 7.16. The summed E-state index contributed by atoms with van der Waals surface area (Å²) >= 11 is 0. The van der Waals surface area contributed by atoms with E-state index in [0.717, 1.165) is 38.5 Å². The molecule has 0 bridgehead atoms. The van der Waals surface area contributed by atoms with Gasteiger partial charge in [0, 0.05) is 5.57 Å². The first-order valence-electron chi connectivity index (χ1n) is 14.1. The van der Waals surface area contributed by atoms with Gasteiger partial charge in [0.1, 0.15) is 0 Å². The summed E-state index contributed by atoms with van der Waals surface area (Å²) < 4.78 is 0. The molecule has 0 unspecified atom stereocenters. The fourth-order valence-electron chi connectivity index (χ4n) is 4.80. The third-order valence-electron chi connectivity index (χ3n) is 7.16. The zero-order valence-electron chi connectivity index (χ0n) is 22.0. The number of unbranched alkanes of at least 4 members (excludes halogenated alkanes) is 18. The van der Waals surface area contributed by atoms with Crippen molar-refractivity contribution in [3.63, 3.8) is 0 Å². The summed E-state index contributed by atoms with van der Waals surface area (Å²) in [7, 11) is 0. The Labute approximate surface area is 204 Å². The molecule has 0 radical (unpaired) electrons. The Kier molecular flexibility index (Phi) is 20.4. The number of hydrogen-bond acceptors (Lipinski definition) is 2. The van der Waals surface area contributed by atoms with E-state index in [1.54, 1.807) is 0 Å². The predicted octanol–water partition coefficient (Wildman–Crippen LogP) is 9.32. The first kappa shape index (κ1) is 31.7. The number of carbonyl (C=O) groups is 2. The number of carboxylic acids is 2. The predicted molar refractivity (Wildman–Crippen MR) is 140 cm³/mol. The van der Waals surface area contributed by atoms with Gasteiger partial charge < -0.3 is 10.2 Å². The van der Waals surface area contributed by atoms with E-state index in [-0.39, 0.29) is 5.57 Å². The topological polar surface area (TPSA) is 74.6 Å². The van der Waals surface area contributed by atoms with E-state index >= 15 is 0 Å². The molecule has 0 fully saturated rings. The molecule has 0 aliphatic carbocycles. The van der Waals surface area contributed by atoms with Crippen molar-refractivity contribution in [1.29, 1.82) is 0 Å². The van der Waals surface area contributed by atoms with E-state index in [0.29, 0.717) is 12.8 Å². The first-order valence-corrected chi connectivity index (χ1v) is 14.1. The van der Waals surface area contributed by atoms with Crippen molar-refractivity contribution in [3.05, 3.63) is 12.2 Å². The number of aliphatic carboxylic acids is 2. The average Bonchev–Trinajstić information content (AvgIpc) is 2.79. The summed E-state index contributed by atoms with van der Waals surface area (Å²) in [5, 5.41) is 19.5. The summed E-state index contributed by atoms with van der Waals surface area (Å²) in [5.41, 5.74) is -1.45. The van der Waals surface area contributed by atoms with Crippen molar-refractivity contribution in [1.82, 2.24) is 0 Å². The highest BCUT2D eigenvalue weighted by atomic mass is 16.4. The minimum Gasteiger partial charge on any atom is -0.481 e. The summed E-state index contributed by atoms with van der Waals surface area (Å²) in [4.78, 5) is 23.9. The van der Waals surface area contributed by atoms with Gasteiger partial charge in [0.05, 0.1) is 5.41 Å². The van der Waals surface area contributed by atoms with E-state index in [4.69, 9.17) is 0 Å². The van der Waals surface area contributed by atoms with Crippen molar-refractivity contribution in [2.45, 2.75) is 155 Å². The summed E-state index contributed by atoms with van der Waals surface area (Å²) in [5.74, 6) is -2.18. The van der Waals surface area contributed by atoms with E-state index < -0.39 is 17.4 Å². The van der Waals surface area contributed by atoms with Crippen LogP contribution in [0, 0.1) is 5.41 Å². The first-order chi connectivity index (χ1) is 15.9. The average molecular weight is 467 g/mol. The van der Waals surface area contributed by atoms with E-state index in [1.807, 2.05) is 0 Å². The highest BCUT2D eigenvalue weighted by Gasteiger charge is 2.43. The molecule has 0 aromatic rings. The lowest BCUT2D eigenvalue weighted by molar-refractivity contribution is -0.151. The van der Waals surface area contributed by atoms with Crippen molar-refractivity contribution >= 4 is 11.9 Å². The molecule has 0 atom stereocenters. The van der Waals surface area contributed by atoms with Crippen LogP contribution in [-0.4, -0.2) is 22.2 Å². The van der Waals surface area contributed by atoms with Gasteiger partial charge in [0.15, 0.2) is 0 Å². The molecule has 33 heavy (non-hydrogen) atoms. The second-order valence-corrected chi connectivity index (χ2v) is 10.0. The molecule has 0 spiro atoms. The van der Waals surface area contributed by atoms with Gasteiger partial charge in [-0.1, -0.05) is 149 Å². The normalized spacial score (nSPS) is 11.6. The van der Waals surface area contributed by atoms with Crippen molar-refractivity contribution in [2.24, 2.45) is 5.41 Å². The van der Waals surface area contributed by atoms with Crippen LogP contribution in [-0.2, 0) is 9.59 Å². The molecule has 0 aliphatic rings. The lowest BCUT2D eigenvalue weighted by Crippen LogP contribution is -2.36. The highest BCUT2D eigenvalue weighted by molar-refractivity contribution is 5.95. The maximum absolute atomic E-state index is 12.2. The molecular weight excluding hydrogens is 412 g/mol. The second-order valence-electron chi connectivity index (χ2n) is 10.0. The second kappa shape index (κ2) is 21.2. The maximum Gasteiger partial charge on any atom is 0.332 e. The van der Waals surface area contributed by atoms with Crippen LogP contribution in [0.2, 0.25) is 0 Å². The molecule has 0 aliphatic heterocycles. The SMILES string of the molecule is C=C(C(=O)O)C(CCCCCCCCCCCC)(CCCCCCCCCCCC)C(=O)O. The van der Waals surface area contributed by atoms with Gasteiger partial charge in [-0.3, -0.25) is 4.79 Å². The molecule has 0 heterocycles. The lowest BCUT2D eigenvalue weighted by atomic mass is 9.72. The minimum absolute atomic E-state index is 0.137. The van der Waals surface area contributed by atoms with E-state index in [9.17, 15) is 19.8 Å². The molecule has 0 saturated heterocycles. The van der Waals surface area contributed by atoms with Crippen molar-refractivity contribution < 1.29 is 19.8 Å². The number of rotatable bonds is 25. The van der Waals surface area contributed by atoms with Crippen molar-refractivity contribution in [3.8, 4) is 0 Å². The standard InChI is InChI=1S/C29H54O4/c1-4-6-8-10-12-14-16-18-20-22-24-29(28(32)33,26(3)27(30)31)25-23-21-19-17-15-13-11-9-7-5-2/h3-25H2,1-2H3,(H,30,31)(H,32,33).